The van der Waals surface area contributed by atoms with Crippen LogP contribution >= 0.6 is 24.8 Å². The molecule has 0 saturated carbocycles. The molecule has 2 aliphatic heterocycles. The van der Waals surface area contributed by atoms with Crippen LogP contribution in [0.5, 0.6) is 5.75 Å². The van der Waals surface area contributed by atoms with E-state index in [1.54, 1.807) is 0 Å². The highest BCUT2D eigenvalue weighted by molar-refractivity contribution is 5.85. The molecule has 2 aliphatic rings. The first-order valence-electron chi connectivity index (χ1n) is 8.50. The standard InChI is InChI=1S/C17H22F4N2O2.2ClH/c18-13-2-1-12(17(19,20)21)14(16(13)24)15(11-3-9-25-10-4-11)23-7-5-22-6-8-23;;/h1-2,11,15,22,24H,3-10H2;2*1H/t15-;;/m1../s1. The van der Waals surface area contributed by atoms with Gasteiger partial charge in [-0.3, -0.25) is 4.90 Å². The molecule has 156 valence electrons. The second-order valence-electron chi connectivity index (χ2n) is 6.54. The number of phenolic OH excluding ortho intramolecular Hbond substituents is 1. The summed E-state index contributed by atoms with van der Waals surface area (Å²) in [4.78, 5) is 1.93. The molecule has 0 aromatic heterocycles. The minimum atomic E-state index is -4.65. The number of halogens is 6. The predicted octanol–water partition coefficient (Wildman–Crippen LogP) is 3.77. The Kier molecular flexibility index (Phi) is 9.08. The SMILES string of the molecule is Cl.Cl.Oc1c(F)ccc(C(F)(F)F)c1[C@@H](C1CCOCC1)N1CCNCC1. The summed E-state index contributed by atoms with van der Waals surface area (Å²) in [5, 5.41) is 13.4. The van der Waals surface area contributed by atoms with Gasteiger partial charge < -0.3 is 15.2 Å². The fraction of sp³-hybridized carbons (Fsp3) is 0.647. The summed E-state index contributed by atoms with van der Waals surface area (Å²) in [6.45, 7) is 3.33. The zero-order valence-corrected chi connectivity index (χ0v) is 16.2. The highest BCUT2D eigenvalue weighted by atomic mass is 35.5. The van der Waals surface area contributed by atoms with Crippen molar-refractivity contribution in [3.63, 3.8) is 0 Å². The Morgan fingerprint density at radius 3 is 2.26 bits per heavy atom. The number of nitrogens with one attached hydrogen (secondary N) is 1. The topological polar surface area (TPSA) is 44.7 Å². The number of nitrogens with zero attached hydrogens (tertiary/aromatic N) is 1. The average Bonchev–Trinajstić information content (AvgIpc) is 2.60. The largest absolute Gasteiger partial charge is 0.505 e. The Bertz CT molecular complexity index is 589. The van der Waals surface area contributed by atoms with Gasteiger partial charge in [-0.15, -0.1) is 24.8 Å². The Labute approximate surface area is 168 Å². The molecule has 4 nitrogen and oxygen atoms in total. The van der Waals surface area contributed by atoms with E-state index < -0.39 is 29.3 Å². The van der Waals surface area contributed by atoms with E-state index in [2.05, 4.69) is 5.32 Å². The number of alkyl halides is 3. The molecule has 0 amide bonds. The van der Waals surface area contributed by atoms with E-state index in [4.69, 9.17) is 4.74 Å². The molecular formula is C17H24Cl2F4N2O2. The molecule has 2 fully saturated rings. The lowest BCUT2D eigenvalue weighted by molar-refractivity contribution is -0.139. The average molecular weight is 435 g/mol. The van der Waals surface area contributed by atoms with E-state index in [1.165, 1.54) is 0 Å². The smallest absolute Gasteiger partial charge is 0.416 e. The first-order chi connectivity index (χ1) is 11.9. The maximum atomic E-state index is 14.0. The number of rotatable bonds is 3. The van der Waals surface area contributed by atoms with E-state index in [0.717, 1.165) is 6.07 Å². The van der Waals surface area contributed by atoms with Gasteiger partial charge in [0.15, 0.2) is 11.6 Å². The normalized spacial score (nSPS) is 20.4. The van der Waals surface area contributed by atoms with Crippen LogP contribution in [0.1, 0.15) is 30.0 Å². The van der Waals surface area contributed by atoms with Crippen molar-refractivity contribution in [2.75, 3.05) is 39.4 Å². The minimum absolute atomic E-state index is 0. The van der Waals surface area contributed by atoms with Gasteiger partial charge >= 0.3 is 6.18 Å². The van der Waals surface area contributed by atoms with Gasteiger partial charge in [0.1, 0.15) is 0 Å². The molecule has 1 atom stereocenters. The highest BCUT2D eigenvalue weighted by Crippen LogP contribution is 2.46. The van der Waals surface area contributed by atoms with Crippen molar-refractivity contribution < 1.29 is 27.4 Å². The molecule has 0 spiro atoms. The third kappa shape index (κ3) is 5.38. The Morgan fingerprint density at radius 1 is 1.11 bits per heavy atom. The van der Waals surface area contributed by atoms with E-state index in [0.29, 0.717) is 58.3 Å². The molecule has 2 N–H and O–H groups in total. The van der Waals surface area contributed by atoms with E-state index in [-0.39, 0.29) is 36.3 Å². The van der Waals surface area contributed by atoms with Crippen molar-refractivity contribution in [2.45, 2.75) is 25.1 Å². The van der Waals surface area contributed by atoms with E-state index in [9.17, 15) is 22.7 Å². The van der Waals surface area contributed by atoms with Crippen LogP contribution in [-0.4, -0.2) is 49.4 Å². The van der Waals surface area contributed by atoms with Gasteiger partial charge in [0, 0.05) is 51.0 Å². The second kappa shape index (κ2) is 10.1. The highest BCUT2D eigenvalue weighted by Gasteiger charge is 2.42. The van der Waals surface area contributed by atoms with Crippen LogP contribution < -0.4 is 5.32 Å². The lowest BCUT2D eigenvalue weighted by Crippen LogP contribution is -2.48. The van der Waals surface area contributed by atoms with Gasteiger partial charge in [-0.05, 0) is 30.9 Å². The summed E-state index contributed by atoms with van der Waals surface area (Å²) in [6, 6.07) is 0.734. The summed E-state index contributed by atoms with van der Waals surface area (Å²) in [5.74, 6) is -2.03. The van der Waals surface area contributed by atoms with Crippen LogP contribution in [0.4, 0.5) is 17.6 Å². The molecule has 0 unspecified atom stereocenters. The number of phenols is 1. The quantitative estimate of drug-likeness (QED) is 0.710. The number of hydrogen-bond acceptors (Lipinski definition) is 4. The summed E-state index contributed by atoms with van der Waals surface area (Å²) < 4.78 is 60.0. The maximum absolute atomic E-state index is 14.0. The predicted molar refractivity (Wildman–Crippen MR) is 98.3 cm³/mol. The van der Waals surface area contributed by atoms with Gasteiger partial charge in [0.2, 0.25) is 0 Å². The van der Waals surface area contributed by atoms with Crippen molar-refractivity contribution in [1.29, 1.82) is 0 Å². The Hall–Kier alpha value is -0.800. The molecule has 1 aromatic carbocycles. The first-order valence-corrected chi connectivity index (χ1v) is 8.50. The van der Waals surface area contributed by atoms with Crippen molar-refractivity contribution in [3.05, 3.63) is 29.1 Å². The van der Waals surface area contributed by atoms with Crippen molar-refractivity contribution in [2.24, 2.45) is 5.92 Å². The molecule has 2 heterocycles. The van der Waals surface area contributed by atoms with E-state index in [1.807, 2.05) is 4.90 Å². The monoisotopic (exact) mass is 434 g/mol. The van der Waals surface area contributed by atoms with Gasteiger partial charge in [0.05, 0.1) is 5.56 Å². The Morgan fingerprint density at radius 2 is 1.70 bits per heavy atom. The Balaban J connectivity index is 0.00000182. The zero-order valence-electron chi connectivity index (χ0n) is 14.6. The van der Waals surface area contributed by atoms with Crippen LogP contribution in [0.25, 0.3) is 0 Å². The minimum Gasteiger partial charge on any atom is -0.505 e. The van der Waals surface area contributed by atoms with Crippen LogP contribution in [0.15, 0.2) is 12.1 Å². The molecule has 0 aliphatic carbocycles. The van der Waals surface area contributed by atoms with Gasteiger partial charge in [-0.1, -0.05) is 0 Å². The molecule has 3 rings (SSSR count). The first kappa shape index (κ1) is 24.2. The third-order valence-corrected chi connectivity index (χ3v) is 5.03. The molecule has 0 radical (unpaired) electrons. The fourth-order valence-corrected chi connectivity index (χ4v) is 3.84. The van der Waals surface area contributed by atoms with Crippen molar-refractivity contribution in [1.82, 2.24) is 10.2 Å². The lowest BCUT2D eigenvalue weighted by atomic mass is 9.83. The number of ether oxygens (including phenoxy) is 1. The molecule has 1 aromatic rings. The second-order valence-corrected chi connectivity index (χ2v) is 6.54. The van der Waals surface area contributed by atoms with Crippen LogP contribution in [-0.2, 0) is 10.9 Å². The molecule has 27 heavy (non-hydrogen) atoms. The van der Waals surface area contributed by atoms with Gasteiger partial charge in [0.25, 0.3) is 0 Å². The summed E-state index contributed by atoms with van der Waals surface area (Å²) >= 11 is 0. The van der Waals surface area contributed by atoms with Crippen LogP contribution in [0.3, 0.4) is 0 Å². The van der Waals surface area contributed by atoms with Gasteiger partial charge in [-0.25, -0.2) is 4.39 Å². The zero-order chi connectivity index (χ0) is 18.0. The lowest BCUT2D eigenvalue weighted by Gasteiger charge is -2.42. The fourth-order valence-electron chi connectivity index (χ4n) is 3.84. The number of hydrogen-bond donors (Lipinski definition) is 2. The molecular weight excluding hydrogens is 411 g/mol. The van der Waals surface area contributed by atoms with Crippen molar-refractivity contribution >= 4 is 24.8 Å². The number of aromatic hydroxyl groups is 1. The molecule has 10 heteroatoms. The third-order valence-electron chi connectivity index (χ3n) is 5.03. The van der Waals surface area contributed by atoms with E-state index >= 15 is 0 Å². The number of benzene rings is 1. The molecule has 0 bridgehead atoms. The summed E-state index contributed by atoms with van der Waals surface area (Å²) in [7, 11) is 0. The molecule has 2 saturated heterocycles. The maximum Gasteiger partial charge on any atom is 0.416 e. The summed E-state index contributed by atoms with van der Waals surface area (Å²) in [6.07, 6.45) is -3.48. The number of piperazine rings is 1. The van der Waals surface area contributed by atoms with Crippen LogP contribution in [0.2, 0.25) is 0 Å². The van der Waals surface area contributed by atoms with Crippen molar-refractivity contribution in [3.8, 4) is 5.75 Å². The van der Waals surface area contributed by atoms with Crippen LogP contribution in [0, 0.1) is 11.7 Å². The van der Waals surface area contributed by atoms with Gasteiger partial charge in [-0.2, -0.15) is 13.2 Å². The summed E-state index contributed by atoms with van der Waals surface area (Å²) in [5.41, 5.74) is -1.29.